The van der Waals surface area contributed by atoms with Crippen LogP contribution in [0, 0.1) is 5.92 Å². The third kappa shape index (κ3) is 3.11. The van der Waals surface area contributed by atoms with E-state index in [9.17, 15) is 4.79 Å². The maximum atomic E-state index is 12.8. The molecule has 0 saturated heterocycles. The van der Waals surface area contributed by atoms with Crippen molar-refractivity contribution in [2.75, 3.05) is 11.4 Å². The molecule has 1 unspecified atom stereocenters. The van der Waals surface area contributed by atoms with Crippen LogP contribution in [0.3, 0.4) is 0 Å². The first-order valence-corrected chi connectivity index (χ1v) is 9.11. The highest BCUT2D eigenvalue weighted by molar-refractivity contribution is 6.32. The van der Waals surface area contributed by atoms with Crippen LogP contribution in [-0.2, 0) is 6.42 Å². The van der Waals surface area contributed by atoms with E-state index in [0.29, 0.717) is 23.4 Å². The summed E-state index contributed by atoms with van der Waals surface area (Å²) in [6, 6.07) is 5.18. The molecule has 132 valence electrons. The first-order chi connectivity index (χ1) is 12.0. The third-order valence-electron chi connectivity index (χ3n) is 4.83. The van der Waals surface area contributed by atoms with Crippen LogP contribution in [0.4, 0.5) is 10.5 Å². The lowest BCUT2D eigenvalue weighted by molar-refractivity contribution is 0.230. The summed E-state index contributed by atoms with van der Waals surface area (Å²) in [4.78, 5) is 19.1. The molecule has 1 aromatic carbocycles. The number of hydrogen-bond acceptors (Lipinski definition) is 4. The molecule has 0 radical (unpaired) electrons. The zero-order valence-electron chi connectivity index (χ0n) is 14.3. The zero-order valence-corrected chi connectivity index (χ0v) is 15.1. The summed E-state index contributed by atoms with van der Waals surface area (Å²) in [7, 11) is 0. The van der Waals surface area contributed by atoms with Gasteiger partial charge in [-0.1, -0.05) is 36.7 Å². The number of carbonyl (C=O) groups is 1. The molecular formula is C18H21ClN4O2. The van der Waals surface area contributed by atoms with Gasteiger partial charge in [0.05, 0.1) is 5.69 Å². The Morgan fingerprint density at radius 1 is 1.40 bits per heavy atom. The number of anilines is 1. The van der Waals surface area contributed by atoms with Gasteiger partial charge in [0.25, 0.3) is 0 Å². The fourth-order valence-electron chi connectivity index (χ4n) is 3.21. The topological polar surface area (TPSA) is 71.3 Å². The Hall–Kier alpha value is -2.08. The molecule has 0 bridgehead atoms. The molecule has 2 aliphatic rings. The number of nitrogens with one attached hydrogen (secondary N) is 1. The zero-order chi connectivity index (χ0) is 17.6. The predicted octanol–water partition coefficient (Wildman–Crippen LogP) is 4.07. The third-order valence-corrected chi connectivity index (χ3v) is 5.18. The number of amides is 2. The Bertz CT molecular complexity index is 800. The average molecular weight is 361 g/mol. The molecule has 1 N–H and O–H groups in total. The number of halogens is 1. The Morgan fingerprint density at radius 3 is 2.92 bits per heavy atom. The average Bonchev–Trinajstić information content (AvgIpc) is 3.15. The Balaban J connectivity index is 1.53. The van der Waals surface area contributed by atoms with Crippen LogP contribution in [0.15, 0.2) is 22.7 Å². The van der Waals surface area contributed by atoms with Crippen molar-refractivity contribution in [2.45, 2.75) is 45.1 Å². The maximum absolute atomic E-state index is 12.8. The van der Waals surface area contributed by atoms with Crippen LogP contribution in [0.5, 0.6) is 0 Å². The number of hydrogen-bond donors (Lipinski definition) is 1. The summed E-state index contributed by atoms with van der Waals surface area (Å²) < 4.78 is 5.43. The van der Waals surface area contributed by atoms with Crippen LogP contribution in [0.1, 0.15) is 55.9 Å². The molecule has 2 aromatic rings. The van der Waals surface area contributed by atoms with Gasteiger partial charge in [0.2, 0.25) is 5.89 Å². The minimum atomic E-state index is -0.310. The molecule has 2 heterocycles. The molecule has 1 aromatic heterocycles. The maximum Gasteiger partial charge on any atom is 0.322 e. The van der Waals surface area contributed by atoms with E-state index in [1.54, 1.807) is 4.90 Å². The lowest BCUT2D eigenvalue weighted by Crippen LogP contribution is -2.42. The minimum Gasteiger partial charge on any atom is -0.337 e. The largest absolute Gasteiger partial charge is 0.337 e. The smallest absolute Gasteiger partial charge is 0.322 e. The predicted molar refractivity (Wildman–Crippen MR) is 94.9 cm³/mol. The number of rotatable bonds is 4. The van der Waals surface area contributed by atoms with Gasteiger partial charge < -0.3 is 9.84 Å². The van der Waals surface area contributed by atoms with Gasteiger partial charge in [-0.2, -0.15) is 4.98 Å². The molecule has 6 nitrogen and oxygen atoms in total. The van der Waals surface area contributed by atoms with Crippen LogP contribution in [0.25, 0.3) is 0 Å². The number of benzene rings is 1. The molecule has 0 spiro atoms. The van der Waals surface area contributed by atoms with Gasteiger partial charge in [-0.15, -0.1) is 0 Å². The van der Waals surface area contributed by atoms with E-state index in [-0.39, 0.29) is 18.0 Å². The highest BCUT2D eigenvalue weighted by Gasteiger charge is 2.33. The van der Waals surface area contributed by atoms with Crippen molar-refractivity contribution in [3.8, 4) is 0 Å². The number of carbonyl (C=O) groups excluding carboxylic acids is 1. The Labute approximate surface area is 151 Å². The summed E-state index contributed by atoms with van der Waals surface area (Å²) in [5, 5.41) is 7.83. The first kappa shape index (κ1) is 16.4. The van der Waals surface area contributed by atoms with Gasteiger partial charge in [0.15, 0.2) is 5.82 Å². The van der Waals surface area contributed by atoms with Crippen molar-refractivity contribution in [2.24, 2.45) is 5.92 Å². The van der Waals surface area contributed by atoms with Gasteiger partial charge >= 0.3 is 6.03 Å². The van der Waals surface area contributed by atoms with E-state index in [1.165, 1.54) is 0 Å². The lowest BCUT2D eigenvalue weighted by Gasteiger charge is -2.24. The highest BCUT2D eigenvalue weighted by atomic mass is 35.5. The minimum absolute atomic E-state index is 0.137. The van der Waals surface area contributed by atoms with Crippen molar-refractivity contribution in [3.63, 3.8) is 0 Å². The van der Waals surface area contributed by atoms with E-state index in [1.807, 2.05) is 32.0 Å². The fourth-order valence-corrected chi connectivity index (χ4v) is 3.47. The van der Waals surface area contributed by atoms with E-state index < -0.39 is 0 Å². The molecule has 1 atom stereocenters. The molecule has 1 aliphatic heterocycles. The second kappa shape index (κ2) is 6.33. The molecule has 2 amide bonds. The highest BCUT2D eigenvalue weighted by Crippen LogP contribution is 2.39. The number of nitrogens with zero attached hydrogens (tertiary/aromatic N) is 3. The van der Waals surface area contributed by atoms with Gasteiger partial charge in [0, 0.05) is 17.5 Å². The standard InChI is InChI=1S/C18H21ClN4O2/c1-10(2)15(17-21-16(22-25-17)11-6-7-11)20-18(24)23-9-8-12-13(19)4-3-5-14(12)23/h3-5,10-11,15H,6-9H2,1-2H3,(H,20,24). The van der Waals surface area contributed by atoms with Crippen LogP contribution < -0.4 is 10.2 Å². The summed E-state index contributed by atoms with van der Waals surface area (Å²) >= 11 is 6.24. The van der Waals surface area contributed by atoms with Crippen LogP contribution >= 0.6 is 11.6 Å². The van der Waals surface area contributed by atoms with Gasteiger partial charge in [-0.25, -0.2) is 4.79 Å². The van der Waals surface area contributed by atoms with Crippen LogP contribution in [-0.4, -0.2) is 22.7 Å². The molecule has 7 heteroatoms. The number of aromatic nitrogens is 2. The SMILES string of the molecule is CC(C)C(NC(=O)N1CCc2c(Cl)cccc21)c1nc(C2CC2)no1. The monoisotopic (exact) mass is 360 g/mol. The second-order valence-corrected chi connectivity index (χ2v) is 7.48. The van der Waals surface area contributed by atoms with E-state index in [0.717, 1.165) is 36.3 Å². The van der Waals surface area contributed by atoms with Gasteiger partial charge in [0.1, 0.15) is 6.04 Å². The van der Waals surface area contributed by atoms with Crippen molar-refractivity contribution in [3.05, 3.63) is 40.5 Å². The lowest BCUT2D eigenvalue weighted by atomic mass is 10.0. The second-order valence-electron chi connectivity index (χ2n) is 7.08. The van der Waals surface area contributed by atoms with Crippen molar-refractivity contribution >= 4 is 23.3 Å². The van der Waals surface area contributed by atoms with E-state index in [2.05, 4.69) is 15.5 Å². The van der Waals surface area contributed by atoms with Crippen molar-refractivity contribution in [1.29, 1.82) is 0 Å². The quantitative estimate of drug-likeness (QED) is 0.892. The van der Waals surface area contributed by atoms with Crippen molar-refractivity contribution < 1.29 is 9.32 Å². The first-order valence-electron chi connectivity index (χ1n) is 8.73. The molecule has 4 rings (SSSR count). The van der Waals surface area contributed by atoms with Crippen molar-refractivity contribution in [1.82, 2.24) is 15.5 Å². The Kier molecular flexibility index (Phi) is 4.15. The molecule has 1 fully saturated rings. The normalized spacial score (nSPS) is 17.7. The van der Waals surface area contributed by atoms with Gasteiger partial charge in [-0.3, -0.25) is 4.90 Å². The molecular weight excluding hydrogens is 340 g/mol. The molecule has 1 saturated carbocycles. The van der Waals surface area contributed by atoms with E-state index >= 15 is 0 Å². The van der Waals surface area contributed by atoms with E-state index in [4.69, 9.17) is 16.1 Å². The summed E-state index contributed by atoms with van der Waals surface area (Å²) in [6.45, 7) is 4.67. The molecule has 1 aliphatic carbocycles. The fraction of sp³-hybridized carbons (Fsp3) is 0.500. The summed E-state index contributed by atoms with van der Waals surface area (Å²) in [5.74, 6) is 1.80. The summed E-state index contributed by atoms with van der Waals surface area (Å²) in [5.41, 5.74) is 1.89. The van der Waals surface area contributed by atoms with Gasteiger partial charge in [-0.05, 0) is 42.9 Å². The van der Waals surface area contributed by atoms with Crippen LogP contribution in [0.2, 0.25) is 5.02 Å². The number of fused-ring (bicyclic) bond motifs is 1. The Morgan fingerprint density at radius 2 is 2.20 bits per heavy atom. The number of urea groups is 1. The molecule has 25 heavy (non-hydrogen) atoms. The summed E-state index contributed by atoms with van der Waals surface area (Å²) in [6.07, 6.45) is 2.99.